The zero-order valence-corrected chi connectivity index (χ0v) is 13.5. The molecule has 1 aliphatic heterocycles. The lowest BCUT2D eigenvalue weighted by atomic mass is 10.1. The molecule has 0 saturated heterocycles. The fourth-order valence-corrected chi connectivity index (χ4v) is 2.98. The van der Waals surface area contributed by atoms with Crippen LogP contribution < -0.4 is 14.2 Å². The first-order valence-corrected chi connectivity index (χ1v) is 7.86. The van der Waals surface area contributed by atoms with Crippen LogP contribution in [0.15, 0.2) is 48.5 Å². The Labute approximate surface area is 143 Å². The first-order valence-electron chi connectivity index (χ1n) is 7.10. The van der Waals surface area contributed by atoms with Gasteiger partial charge in [-0.25, -0.2) is 0 Å². The molecule has 4 rings (SSSR count). The predicted molar refractivity (Wildman–Crippen MR) is 90.9 cm³/mol. The molecule has 0 radical (unpaired) electrons. The lowest BCUT2D eigenvalue weighted by Gasteiger charge is -2.11. The van der Waals surface area contributed by atoms with Crippen molar-refractivity contribution in [3.05, 3.63) is 64.1 Å². The molecule has 1 heterocycles. The van der Waals surface area contributed by atoms with Crippen LogP contribution in [0.25, 0.3) is 10.8 Å². The van der Waals surface area contributed by atoms with Crippen molar-refractivity contribution in [2.24, 2.45) is 0 Å². The fourth-order valence-electron chi connectivity index (χ4n) is 2.58. The third-order valence-electron chi connectivity index (χ3n) is 3.74. The molecule has 23 heavy (non-hydrogen) atoms. The van der Waals surface area contributed by atoms with E-state index in [1.807, 2.05) is 42.5 Å². The molecule has 5 heteroatoms. The molecule has 0 aliphatic carbocycles. The van der Waals surface area contributed by atoms with E-state index < -0.39 is 0 Å². The van der Waals surface area contributed by atoms with Crippen LogP contribution in [0.2, 0.25) is 10.0 Å². The quantitative estimate of drug-likeness (QED) is 0.630. The highest BCUT2D eigenvalue weighted by Gasteiger charge is 2.14. The van der Waals surface area contributed by atoms with Crippen molar-refractivity contribution in [3.8, 4) is 17.2 Å². The molecule has 0 saturated carbocycles. The van der Waals surface area contributed by atoms with E-state index >= 15 is 0 Å². The number of halogens is 2. The molecular weight excluding hydrogens is 335 g/mol. The number of ether oxygens (including phenoxy) is 3. The van der Waals surface area contributed by atoms with E-state index in [4.69, 9.17) is 37.4 Å². The zero-order chi connectivity index (χ0) is 15.8. The standard InChI is InChI=1S/C18H12Cl2O3/c19-14-6-5-12-13(18(14)20)2-1-3-15(12)21-9-11-4-7-16-17(8-11)23-10-22-16/h1-8H,9-10H2. The van der Waals surface area contributed by atoms with Gasteiger partial charge >= 0.3 is 0 Å². The largest absolute Gasteiger partial charge is 0.488 e. The van der Waals surface area contributed by atoms with Gasteiger partial charge in [-0.3, -0.25) is 0 Å². The number of hydrogen-bond acceptors (Lipinski definition) is 3. The lowest BCUT2D eigenvalue weighted by Crippen LogP contribution is -1.96. The minimum absolute atomic E-state index is 0.266. The minimum Gasteiger partial charge on any atom is -0.488 e. The van der Waals surface area contributed by atoms with Gasteiger partial charge < -0.3 is 14.2 Å². The van der Waals surface area contributed by atoms with E-state index in [1.54, 1.807) is 6.07 Å². The first-order chi connectivity index (χ1) is 11.2. The summed E-state index contributed by atoms with van der Waals surface area (Å²) < 4.78 is 16.7. The summed E-state index contributed by atoms with van der Waals surface area (Å²) in [6.07, 6.45) is 0. The summed E-state index contributed by atoms with van der Waals surface area (Å²) in [5, 5.41) is 2.88. The van der Waals surface area contributed by atoms with Crippen molar-refractivity contribution >= 4 is 34.0 Å². The van der Waals surface area contributed by atoms with Gasteiger partial charge in [-0.2, -0.15) is 0 Å². The Balaban J connectivity index is 1.62. The number of benzene rings is 3. The van der Waals surface area contributed by atoms with Crippen LogP contribution in [0, 0.1) is 0 Å². The number of fused-ring (bicyclic) bond motifs is 2. The smallest absolute Gasteiger partial charge is 0.231 e. The summed E-state index contributed by atoms with van der Waals surface area (Å²) in [5.41, 5.74) is 1.01. The van der Waals surface area contributed by atoms with E-state index in [9.17, 15) is 0 Å². The molecule has 1 aliphatic rings. The maximum atomic E-state index is 6.26. The van der Waals surface area contributed by atoms with Crippen LogP contribution in [0.3, 0.4) is 0 Å². The van der Waals surface area contributed by atoms with Gasteiger partial charge in [0.05, 0.1) is 10.0 Å². The molecule has 3 aromatic rings. The third-order valence-corrected chi connectivity index (χ3v) is 4.56. The molecule has 3 nitrogen and oxygen atoms in total. The highest BCUT2D eigenvalue weighted by Crippen LogP contribution is 2.36. The topological polar surface area (TPSA) is 27.7 Å². The van der Waals surface area contributed by atoms with Crippen LogP contribution >= 0.6 is 23.2 Å². The molecular formula is C18H12Cl2O3. The van der Waals surface area contributed by atoms with Gasteiger partial charge in [-0.1, -0.05) is 41.4 Å². The van der Waals surface area contributed by atoms with Crippen LogP contribution in [0.1, 0.15) is 5.56 Å². The van der Waals surface area contributed by atoms with Gasteiger partial charge in [0, 0.05) is 10.8 Å². The van der Waals surface area contributed by atoms with Crippen LogP contribution in [0.4, 0.5) is 0 Å². The van der Waals surface area contributed by atoms with Gasteiger partial charge in [-0.05, 0) is 35.9 Å². The molecule has 0 aromatic heterocycles. The van der Waals surface area contributed by atoms with Crippen LogP contribution in [0.5, 0.6) is 17.2 Å². The molecule has 0 atom stereocenters. The average molecular weight is 347 g/mol. The molecule has 0 bridgehead atoms. The van der Waals surface area contributed by atoms with Gasteiger partial charge in [0.15, 0.2) is 11.5 Å². The van der Waals surface area contributed by atoms with Gasteiger partial charge in [0.1, 0.15) is 12.4 Å². The SMILES string of the molecule is Clc1ccc2c(OCc3ccc4c(c3)OCO4)cccc2c1Cl. The molecule has 116 valence electrons. The molecule has 3 aromatic carbocycles. The van der Waals surface area contributed by atoms with Crippen molar-refractivity contribution in [2.75, 3.05) is 6.79 Å². The summed E-state index contributed by atoms with van der Waals surface area (Å²) in [6.45, 7) is 0.693. The summed E-state index contributed by atoms with van der Waals surface area (Å²) in [7, 11) is 0. The highest BCUT2D eigenvalue weighted by molar-refractivity contribution is 6.45. The van der Waals surface area contributed by atoms with Crippen LogP contribution in [-0.2, 0) is 6.61 Å². The van der Waals surface area contributed by atoms with E-state index in [0.717, 1.165) is 33.6 Å². The normalized spacial score (nSPS) is 12.6. The maximum Gasteiger partial charge on any atom is 0.231 e. The molecule has 0 spiro atoms. The van der Waals surface area contributed by atoms with E-state index in [0.29, 0.717) is 16.7 Å². The van der Waals surface area contributed by atoms with Crippen molar-refractivity contribution < 1.29 is 14.2 Å². The monoisotopic (exact) mass is 346 g/mol. The molecule has 0 unspecified atom stereocenters. The van der Waals surface area contributed by atoms with Gasteiger partial charge in [0.2, 0.25) is 6.79 Å². The van der Waals surface area contributed by atoms with Crippen LogP contribution in [-0.4, -0.2) is 6.79 Å². The van der Waals surface area contributed by atoms with Crippen molar-refractivity contribution in [3.63, 3.8) is 0 Å². The summed E-state index contributed by atoms with van der Waals surface area (Å²) >= 11 is 12.3. The second-order valence-electron chi connectivity index (χ2n) is 5.19. The predicted octanol–water partition coefficient (Wildman–Crippen LogP) is 5.45. The maximum absolute atomic E-state index is 6.26. The minimum atomic E-state index is 0.266. The Morgan fingerprint density at radius 1 is 0.913 bits per heavy atom. The van der Waals surface area contributed by atoms with E-state index in [2.05, 4.69) is 0 Å². The highest BCUT2D eigenvalue weighted by atomic mass is 35.5. The van der Waals surface area contributed by atoms with Gasteiger partial charge in [0.25, 0.3) is 0 Å². The van der Waals surface area contributed by atoms with Crippen molar-refractivity contribution in [2.45, 2.75) is 6.61 Å². The zero-order valence-electron chi connectivity index (χ0n) is 12.0. The number of rotatable bonds is 3. The Morgan fingerprint density at radius 2 is 1.78 bits per heavy atom. The average Bonchev–Trinajstić information content (AvgIpc) is 3.04. The first kappa shape index (κ1) is 14.5. The second kappa shape index (κ2) is 5.84. The second-order valence-corrected chi connectivity index (χ2v) is 5.97. The molecule has 0 fully saturated rings. The summed E-state index contributed by atoms with van der Waals surface area (Å²) in [5.74, 6) is 2.28. The third kappa shape index (κ3) is 2.67. The Bertz CT molecular complexity index is 893. The van der Waals surface area contributed by atoms with E-state index in [-0.39, 0.29) is 6.79 Å². The molecule has 0 amide bonds. The van der Waals surface area contributed by atoms with Crippen molar-refractivity contribution in [1.29, 1.82) is 0 Å². The Hall–Kier alpha value is -2.10. The Morgan fingerprint density at radius 3 is 2.70 bits per heavy atom. The lowest BCUT2D eigenvalue weighted by molar-refractivity contribution is 0.174. The number of hydrogen-bond donors (Lipinski definition) is 0. The van der Waals surface area contributed by atoms with E-state index in [1.165, 1.54) is 0 Å². The summed E-state index contributed by atoms with van der Waals surface area (Å²) in [4.78, 5) is 0. The fraction of sp³-hybridized carbons (Fsp3) is 0.111. The summed E-state index contributed by atoms with van der Waals surface area (Å²) in [6, 6.07) is 15.2. The van der Waals surface area contributed by atoms with Gasteiger partial charge in [-0.15, -0.1) is 0 Å². The molecule has 0 N–H and O–H groups in total. The van der Waals surface area contributed by atoms with Crippen molar-refractivity contribution in [1.82, 2.24) is 0 Å². The Kier molecular flexibility index (Phi) is 3.68.